The highest BCUT2D eigenvalue weighted by molar-refractivity contribution is 4.94. The van der Waals surface area contributed by atoms with Crippen LogP contribution in [-0.4, -0.2) is 25.2 Å². The Hall–Kier alpha value is -0.0800. The Balaban J connectivity index is 0.000000161. The molecule has 0 aromatic rings. The Morgan fingerprint density at radius 3 is 1.45 bits per heavy atom. The molecule has 3 atom stereocenters. The molecule has 0 amide bonds. The van der Waals surface area contributed by atoms with E-state index in [1.807, 2.05) is 27.7 Å². The van der Waals surface area contributed by atoms with Gasteiger partial charge >= 0.3 is 0 Å². The Kier molecular flexibility index (Phi) is 8.79. The molecule has 0 aromatic heterocycles. The first kappa shape index (κ1) is 18.0. The Bertz CT molecular complexity index is 191. The minimum atomic E-state index is 0.889. The van der Waals surface area contributed by atoms with E-state index in [0.717, 1.165) is 29.8 Å². The van der Waals surface area contributed by atoms with Gasteiger partial charge in [0.05, 0.1) is 0 Å². The molecule has 5 aliphatic rings. The molecule has 2 N–H and O–H groups in total. The van der Waals surface area contributed by atoms with E-state index >= 15 is 0 Å². The van der Waals surface area contributed by atoms with Gasteiger partial charge in [0.1, 0.15) is 0 Å². The normalized spacial score (nSPS) is 39.8. The van der Waals surface area contributed by atoms with Crippen molar-refractivity contribution in [3.05, 3.63) is 0 Å². The lowest BCUT2D eigenvalue weighted by Crippen LogP contribution is -2.44. The minimum Gasteiger partial charge on any atom is -0.314 e. The number of hydrogen-bond donors (Lipinski definition) is 2. The predicted octanol–water partition coefficient (Wildman–Crippen LogP) is 4.21. The fraction of sp³-hybridized carbons (Fsp3) is 1.00. The summed E-state index contributed by atoms with van der Waals surface area (Å²) in [5.74, 6) is 3.05. The molecule has 3 aliphatic heterocycles. The number of nitrogens with one attached hydrogen (secondary N) is 2. The summed E-state index contributed by atoms with van der Waals surface area (Å²) in [4.78, 5) is 0. The molecule has 20 heavy (non-hydrogen) atoms. The number of fused-ring (bicyclic) bond motifs is 5. The van der Waals surface area contributed by atoms with Crippen LogP contribution in [0.25, 0.3) is 0 Å². The molecule has 4 bridgehead atoms. The summed E-state index contributed by atoms with van der Waals surface area (Å²) in [5.41, 5.74) is 0. The SMILES string of the molecule is C1CC2CCC1CN2.CC.CC.CC1C2CCC1NC2. The molecule has 2 aliphatic carbocycles. The number of rotatable bonds is 0. The predicted molar refractivity (Wildman–Crippen MR) is 90.1 cm³/mol. The summed E-state index contributed by atoms with van der Waals surface area (Å²) in [6.07, 6.45) is 8.81. The maximum atomic E-state index is 3.52. The van der Waals surface area contributed by atoms with Crippen LogP contribution in [-0.2, 0) is 0 Å². The highest BCUT2D eigenvalue weighted by Crippen LogP contribution is 2.35. The van der Waals surface area contributed by atoms with Crippen LogP contribution in [0.4, 0.5) is 0 Å². The molecular formula is C18H38N2. The van der Waals surface area contributed by atoms with Crippen LogP contribution in [0.2, 0.25) is 0 Å². The van der Waals surface area contributed by atoms with Gasteiger partial charge in [0, 0.05) is 12.1 Å². The molecule has 2 saturated carbocycles. The van der Waals surface area contributed by atoms with E-state index in [4.69, 9.17) is 0 Å². The van der Waals surface area contributed by atoms with Crippen molar-refractivity contribution in [2.75, 3.05) is 13.1 Å². The summed E-state index contributed by atoms with van der Waals surface area (Å²) >= 11 is 0. The quantitative estimate of drug-likeness (QED) is 0.695. The number of piperidine rings is 3. The molecule has 3 unspecified atom stereocenters. The topological polar surface area (TPSA) is 24.1 Å². The third kappa shape index (κ3) is 4.73. The Labute approximate surface area is 127 Å². The van der Waals surface area contributed by atoms with Gasteiger partial charge in [0.2, 0.25) is 0 Å². The van der Waals surface area contributed by atoms with Crippen molar-refractivity contribution in [2.24, 2.45) is 17.8 Å². The van der Waals surface area contributed by atoms with Crippen LogP contribution in [0.5, 0.6) is 0 Å². The van der Waals surface area contributed by atoms with Gasteiger partial charge < -0.3 is 10.6 Å². The monoisotopic (exact) mass is 282 g/mol. The van der Waals surface area contributed by atoms with E-state index in [-0.39, 0.29) is 0 Å². The summed E-state index contributed by atoms with van der Waals surface area (Å²) < 4.78 is 0. The lowest BCUT2D eigenvalue weighted by atomic mass is 9.82. The van der Waals surface area contributed by atoms with Crippen LogP contribution in [0.15, 0.2) is 0 Å². The fourth-order valence-corrected chi connectivity index (χ4v) is 4.03. The first-order valence-corrected chi connectivity index (χ1v) is 9.29. The average Bonchev–Trinajstić information content (AvgIpc) is 3.11. The third-order valence-corrected chi connectivity index (χ3v) is 5.41. The lowest BCUT2D eigenvalue weighted by Gasteiger charge is -2.36. The molecule has 5 fully saturated rings. The summed E-state index contributed by atoms with van der Waals surface area (Å²) in [5, 5.41) is 7.02. The van der Waals surface area contributed by atoms with Crippen molar-refractivity contribution in [1.29, 1.82) is 0 Å². The van der Waals surface area contributed by atoms with E-state index in [9.17, 15) is 0 Å². The zero-order valence-electron chi connectivity index (χ0n) is 14.5. The molecule has 2 heteroatoms. The van der Waals surface area contributed by atoms with E-state index in [2.05, 4.69) is 17.6 Å². The summed E-state index contributed by atoms with van der Waals surface area (Å²) in [7, 11) is 0. The maximum Gasteiger partial charge on any atom is 0.00960 e. The van der Waals surface area contributed by atoms with Crippen molar-refractivity contribution in [2.45, 2.75) is 85.2 Å². The van der Waals surface area contributed by atoms with E-state index in [0.29, 0.717) is 0 Å². The smallest absolute Gasteiger partial charge is 0.00960 e. The molecule has 0 radical (unpaired) electrons. The highest BCUT2D eigenvalue weighted by atomic mass is 15.0. The minimum absolute atomic E-state index is 0.889. The van der Waals surface area contributed by atoms with Crippen LogP contribution in [0.3, 0.4) is 0 Å². The van der Waals surface area contributed by atoms with Gasteiger partial charge in [-0.15, -0.1) is 0 Å². The molecule has 0 spiro atoms. The van der Waals surface area contributed by atoms with Crippen molar-refractivity contribution in [3.63, 3.8) is 0 Å². The van der Waals surface area contributed by atoms with E-state index < -0.39 is 0 Å². The summed E-state index contributed by atoms with van der Waals surface area (Å²) in [6, 6.07) is 1.79. The van der Waals surface area contributed by atoms with E-state index in [1.54, 1.807) is 0 Å². The average molecular weight is 283 g/mol. The van der Waals surface area contributed by atoms with Gasteiger partial charge in [0.15, 0.2) is 0 Å². The molecule has 3 heterocycles. The van der Waals surface area contributed by atoms with Crippen molar-refractivity contribution in [3.8, 4) is 0 Å². The van der Waals surface area contributed by atoms with Gasteiger partial charge in [0.25, 0.3) is 0 Å². The van der Waals surface area contributed by atoms with Gasteiger partial charge in [-0.3, -0.25) is 0 Å². The second-order valence-corrected chi connectivity index (χ2v) is 6.34. The first-order chi connectivity index (χ1) is 9.83. The molecule has 5 rings (SSSR count). The largest absolute Gasteiger partial charge is 0.314 e. The molecule has 2 nitrogen and oxygen atoms in total. The summed E-state index contributed by atoms with van der Waals surface area (Å²) in [6.45, 7) is 13.0. The molecule has 3 saturated heterocycles. The number of hydrogen-bond acceptors (Lipinski definition) is 2. The second kappa shape index (κ2) is 9.78. The Morgan fingerprint density at radius 1 is 0.700 bits per heavy atom. The van der Waals surface area contributed by atoms with Gasteiger partial charge in [-0.25, -0.2) is 0 Å². The second-order valence-electron chi connectivity index (χ2n) is 6.34. The van der Waals surface area contributed by atoms with Crippen LogP contribution >= 0.6 is 0 Å². The highest BCUT2D eigenvalue weighted by Gasteiger charge is 2.37. The van der Waals surface area contributed by atoms with Crippen LogP contribution < -0.4 is 10.6 Å². The van der Waals surface area contributed by atoms with E-state index in [1.165, 1.54) is 51.6 Å². The third-order valence-electron chi connectivity index (χ3n) is 5.41. The molecule has 0 aromatic carbocycles. The zero-order valence-corrected chi connectivity index (χ0v) is 14.5. The maximum absolute atomic E-state index is 3.52. The van der Waals surface area contributed by atoms with Crippen molar-refractivity contribution in [1.82, 2.24) is 10.6 Å². The zero-order chi connectivity index (χ0) is 15.0. The molecule has 120 valence electrons. The van der Waals surface area contributed by atoms with Crippen LogP contribution in [0.1, 0.15) is 73.1 Å². The van der Waals surface area contributed by atoms with Gasteiger partial charge in [-0.2, -0.15) is 0 Å². The first-order valence-electron chi connectivity index (χ1n) is 9.29. The standard InChI is InChI=1S/2C7H13N.2C2H6/c1-5-6-2-3-7(5)8-4-6;1-3-7-4-2-6(1)5-8-7;2*1-2/h5-8H,2-4H2,1H3;6-8H,1-5H2;2*1-2H3. The van der Waals surface area contributed by atoms with Crippen LogP contribution in [0, 0.1) is 17.8 Å². The lowest BCUT2D eigenvalue weighted by molar-refractivity contribution is 0.213. The van der Waals surface area contributed by atoms with Gasteiger partial charge in [-0.05, 0) is 69.4 Å². The fourth-order valence-electron chi connectivity index (χ4n) is 4.03. The Morgan fingerprint density at radius 2 is 1.35 bits per heavy atom. The molecular weight excluding hydrogens is 244 g/mol. The van der Waals surface area contributed by atoms with Crippen molar-refractivity contribution < 1.29 is 0 Å². The van der Waals surface area contributed by atoms with Gasteiger partial charge in [-0.1, -0.05) is 34.6 Å². The van der Waals surface area contributed by atoms with Crippen molar-refractivity contribution >= 4 is 0 Å².